The maximum atomic E-state index is 6.11. The Hall–Kier alpha value is -0.980. The molecule has 0 unspecified atom stereocenters. The molecule has 1 aliphatic rings. The maximum absolute atomic E-state index is 6.11. The Morgan fingerprint density at radius 2 is 1.37 bits per heavy atom. The summed E-state index contributed by atoms with van der Waals surface area (Å²) in [5.74, 6) is 1.14. The Kier molecular flexibility index (Phi) is 3.04. The van der Waals surface area contributed by atoms with Crippen LogP contribution in [0, 0.1) is 0 Å². The number of ether oxygens (including phenoxy) is 1. The van der Waals surface area contributed by atoms with E-state index in [4.69, 9.17) is 4.74 Å². The average molecular weight is 260 g/mol. The summed E-state index contributed by atoms with van der Waals surface area (Å²) in [4.78, 5) is 0. The van der Waals surface area contributed by atoms with Crippen LogP contribution >= 0.6 is 0 Å². The molecule has 0 aliphatic carbocycles. The fraction of sp³-hybridized carbons (Fsp3) is 0.667. The molecule has 0 atom stereocenters. The van der Waals surface area contributed by atoms with E-state index in [1.165, 1.54) is 16.7 Å². The van der Waals surface area contributed by atoms with Gasteiger partial charge >= 0.3 is 0 Å². The smallest absolute Gasteiger partial charge is 0.127 e. The molecule has 0 N–H and O–H groups in total. The summed E-state index contributed by atoms with van der Waals surface area (Å²) in [6, 6.07) is 4.58. The first-order valence-corrected chi connectivity index (χ1v) is 7.26. The van der Waals surface area contributed by atoms with Crippen LogP contribution in [0.4, 0.5) is 0 Å². The van der Waals surface area contributed by atoms with Gasteiger partial charge in [0.05, 0.1) is 6.61 Å². The standard InChI is InChI=1S/C18H28O/c1-16(2,3)12-9-10-13(17(4,5)6)15-14(12)18(7,8)11-19-15/h9-10H,11H2,1-8H3. The zero-order valence-electron chi connectivity index (χ0n) is 13.8. The van der Waals surface area contributed by atoms with Gasteiger partial charge in [-0.2, -0.15) is 0 Å². The van der Waals surface area contributed by atoms with E-state index in [1.807, 2.05) is 0 Å². The third-order valence-corrected chi connectivity index (χ3v) is 4.03. The van der Waals surface area contributed by atoms with Crippen molar-refractivity contribution < 1.29 is 4.74 Å². The number of hydrogen-bond acceptors (Lipinski definition) is 1. The highest BCUT2D eigenvalue weighted by Gasteiger charge is 2.39. The maximum Gasteiger partial charge on any atom is 0.127 e. The van der Waals surface area contributed by atoms with E-state index < -0.39 is 0 Å². The van der Waals surface area contributed by atoms with Gasteiger partial charge in [0, 0.05) is 11.0 Å². The van der Waals surface area contributed by atoms with Gasteiger partial charge in [0.2, 0.25) is 0 Å². The average Bonchev–Trinajstić information content (AvgIpc) is 2.51. The molecular weight excluding hydrogens is 232 g/mol. The topological polar surface area (TPSA) is 9.23 Å². The van der Waals surface area contributed by atoms with Gasteiger partial charge in [-0.15, -0.1) is 0 Å². The van der Waals surface area contributed by atoms with Crippen LogP contribution in [0.2, 0.25) is 0 Å². The van der Waals surface area contributed by atoms with Crippen molar-refractivity contribution >= 4 is 0 Å². The normalized spacial score (nSPS) is 18.1. The van der Waals surface area contributed by atoms with Crippen LogP contribution in [0.15, 0.2) is 12.1 Å². The van der Waals surface area contributed by atoms with Gasteiger partial charge < -0.3 is 4.74 Å². The van der Waals surface area contributed by atoms with Gasteiger partial charge in [-0.05, 0) is 22.0 Å². The lowest BCUT2D eigenvalue weighted by Crippen LogP contribution is -2.24. The van der Waals surface area contributed by atoms with Crippen LogP contribution in [0.5, 0.6) is 5.75 Å². The van der Waals surface area contributed by atoms with E-state index >= 15 is 0 Å². The highest BCUT2D eigenvalue weighted by molar-refractivity contribution is 5.56. The number of rotatable bonds is 0. The van der Waals surface area contributed by atoms with E-state index in [0.29, 0.717) is 0 Å². The van der Waals surface area contributed by atoms with Gasteiger partial charge in [-0.1, -0.05) is 67.5 Å². The molecule has 0 saturated carbocycles. The second-order valence-electron chi connectivity index (χ2n) is 8.54. The molecule has 0 amide bonds. The van der Waals surface area contributed by atoms with Gasteiger partial charge in [-0.3, -0.25) is 0 Å². The molecule has 0 saturated heterocycles. The summed E-state index contributed by atoms with van der Waals surface area (Å²) in [6.45, 7) is 19.0. The molecule has 0 fully saturated rings. The number of fused-ring (bicyclic) bond motifs is 1. The largest absolute Gasteiger partial charge is 0.492 e. The second kappa shape index (κ2) is 4.01. The van der Waals surface area contributed by atoms with Crippen LogP contribution in [0.25, 0.3) is 0 Å². The van der Waals surface area contributed by atoms with E-state index in [0.717, 1.165) is 12.4 Å². The first kappa shape index (κ1) is 14.4. The van der Waals surface area contributed by atoms with Crippen LogP contribution < -0.4 is 4.74 Å². The molecule has 1 heteroatoms. The Morgan fingerprint density at radius 3 is 1.84 bits per heavy atom. The fourth-order valence-corrected chi connectivity index (χ4v) is 2.94. The molecule has 1 aromatic rings. The van der Waals surface area contributed by atoms with Crippen LogP contribution in [-0.2, 0) is 16.2 Å². The third-order valence-electron chi connectivity index (χ3n) is 4.03. The Morgan fingerprint density at radius 1 is 0.895 bits per heavy atom. The molecular formula is C18H28O. The molecule has 0 spiro atoms. The minimum Gasteiger partial charge on any atom is -0.492 e. The zero-order valence-corrected chi connectivity index (χ0v) is 13.8. The lowest BCUT2D eigenvalue weighted by atomic mass is 9.72. The van der Waals surface area contributed by atoms with Crippen molar-refractivity contribution in [3.8, 4) is 5.75 Å². The molecule has 19 heavy (non-hydrogen) atoms. The number of benzene rings is 1. The lowest BCUT2D eigenvalue weighted by molar-refractivity contribution is 0.286. The van der Waals surface area contributed by atoms with E-state index in [-0.39, 0.29) is 16.2 Å². The summed E-state index contributed by atoms with van der Waals surface area (Å²) < 4.78 is 6.11. The van der Waals surface area contributed by atoms with Crippen molar-refractivity contribution in [2.75, 3.05) is 6.61 Å². The van der Waals surface area contributed by atoms with Crippen molar-refractivity contribution in [2.24, 2.45) is 0 Å². The van der Waals surface area contributed by atoms with Crippen molar-refractivity contribution in [2.45, 2.75) is 71.6 Å². The van der Waals surface area contributed by atoms with Gasteiger partial charge in [0.15, 0.2) is 0 Å². The van der Waals surface area contributed by atoms with Crippen molar-refractivity contribution in [3.05, 3.63) is 28.8 Å². The molecule has 1 aliphatic heterocycles. The molecule has 1 nitrogen and oxygen atoms in total. The molecule has 1 heterocycles. The predicted octanol–water partition coefficient (Wildman–Crippen LogP) is 4.95. The van der Waals surface area contributed by atoms with Gasteiger partial charge in [0.1, 0.15) is 5.75 Å². The third kappa shape index (κ3) is 2.40. The Bertz CT molecular complexity index is 496. The molecule has 1 aromatic carbocycles. The summed E-state index contributed by atoms with van der Waals surface area (Å²) in [5, 5.41) is 0. The highest BCUT2D eigenvalue weighted by atomic mass is 16.5. The van der Waals surface area contributed by atoms with Gasteiger partial charge in [-0.25, -0.2) is 0 Å². The minimum absolute atomic E-state index is 0.110. The van der Waals surface area contributed by atoms with Crippen LogP contribution in [0.1, 0.15) is 72.1 Å². The quantitative estimate of drug-likeness (QED) is 0.641. The van der Waals surface area contributed by atoms with E-state index in [1.54, 1.807) is 0 Å². The summed E-state index contributed by atoms with van der Waals surface area (Å²) >= 11 is 0. The fourth-order valence-electron chi connectivity index (χ4n) is 2.94. The SMILES string of the molecule is CC(C)(C)c1ccc(C(C)(C)C)c2c1OCC2(C)C. The zero-order chi connectivity index (χ0) is 14.6. The molecule has 0 radical (unpaired) electrons. The number of hydrogen-bond donors (Lipinski definition) is 0. The summed E-state index contributed by atoms with van der Waals surface area (Å²) in [7, 11) is 0. The highest BCUT2D eigenvalue weighted by Crippen LogP contribution is 2.48. The minimum atomic E-state index is 0.110. The van der Waals surface area contributed by atoms with E-state index in [2.05, 4.69) is 67.5 Å². The van der Waals surface area contributed by atoms with Crippen LogP contribution in [-0.4, -0.2) is 6.61 Å². The first-order valence-electron chi connectivity index (χ1n) is 7.26. The predicted molar refractivity (Wildman–Crippen MR) is 82.4 cm³/mol. The van der Waals surface area contributed by atoms with Crippen molar-refractivity contribution in [3.63, 3.8) is 0 Å². The van der Waals surface area contributed by atoms with Gasteiger partial charge in [0.25, 0.3) is 0 Å². The monoisotopic (exact) mass is 260 g/mol. The first-order chi connectivity index (χ1) is 8.44. The van der Waals surface area contributed by atoms with Crippen LogP contribution in [0.3, 0.4) is 0 Å². The lowest BCUT2D eigenvalue weighted by Gasteiger charge is -2.30. The Balaban J connectivity index is 2.76. The molecule has 106 valence electrons. The van der Waals surface area contributed by atoms with E-state index in [9.17, 15) is 0 Å². The second-order valence-corrected chi connectivity index (χ2v) is 8.54. The van der Waals surface area contributed by atoms with Crippen molar-refractivity contribution in [1.29, 1.82) is 0 Å². The molecule has 0 bridgehead atoms. The molecule has 2 rings (SSSR count). The molecule has 0 aromatic heterocycles. The summed E-state index contributed by atoms with van der Waals surface area (Å²) in [6.07, 6.45) is 0. The Labute approximate surface area is 118 Å². The summed E-state index contributed by atoms with van der Waals surface area (Å²) in [5.41, 5.74) is 4.58. The van der Waals surface area contributed by atoms with Crippen molar-refractivity contribution in [1.82, 2.24) is 0 Å².